The quantitative estimate of drug-likeness (QED) is 0.825. The van der Waals surface area contributed by atoms with Crippen molar-refractivity contribution in [1.29, 1.82) is 0 Å². The van der Waals surface area contributed by atoms with Gasteiger partial charge in [-0.05, 0) is 36.4 Å². The Labute approximate surface area is 136 Å². The highest BCUT2D eigenvalue weighted by Crippen LogP contribution is 2.27. The first-order chi connectivity index (χ1) is 11.2. The van der Waals surface area contributed by atoms with Crippen LogP contribution in [0.3, 0.4) is 0 Å². The van der Waals surface area contributed by atoms with E-state index in [2.05, 4.69) is 10.6 Å². The van der Waals surface area contributed by atoms with Gasteiger partial charge in [-0.1, -0.05) is 24.3 Å². The molecule has 2 N–H and O–H groups in total. The van der Waals surface area contributed by atoms with Crippen LogP contribution in [0.15, 0.2) is 42.5 Å². The predicted octanol–water partition coefficient (Wildman–Crippen LogP) is 2.60. The van der Waals surface area contributed by atoms with E-state index in [1.807, 2.05) is 43.4 Å². The molecular formula is C18H22N2O3. The highest BCUT2D eigenvalue weighted by molar-refractivity contribution is 5.93. The number of methoxy groups -OCH3 is 2. The molecule has 5 nitrogen and oxygen atoms in total. The Hall–Kier alpha value is -2.53. The van der Waals surface area contributed by atoms with Gasteiger partial charge in [-0.2, -0.15) is 0 Å². The lowest BCUT2D eigenvalue weighted by Gasteiger charge is -2.12. The number of para-hydroxylation sites is 1. The van der Waals surface area contributed by atoms with Gasteiger partial charge in [0.2, 0.25) is 5.91 Å². The van der Waals surface area contributed by atoms with Crippen molar-refractivity contribution in [2.75, 3.05) is 26.6 Å². The van der Waals surface area contributed by atoms with Crippen molar-refractivity contribution in [1.82, 2.24) is 5.32 Å². The van der Waals surface area contributed by atoms with Crippen LogP contribution in [-0.2, 0) is 17.8 Å². The van der Waals surface area contributed by atoms with Crippen molar-refractivity contribution in [3.63, 3.8) is 0 Å². The maximum atomic E-state index is 12.3. The van der Waals surface area contributed by atoms with Crippen LogP contribution < -0.4 is 20.1 Å². The Morgan fingerprint density at radius 3 is 2.48 bits per heavy atom. The molecule has 0 aliphatic rings. The molecule has 2 rings (SSSR count). The van der Waals surface area contributed by atoms with Gasteiger partial charge in [0.15, 0.2) is 11.5 Å². The first kappa shape index (κ1) is 16.8. The fourth-order valence-corrected chi connectivity index (χ4v) is 2.36. The topological polar surface area (TPSA) is 59.6 Å². The molecule has 1 amide bonds. The van der Waals surface area contributed by atoms with E-state index in [9.17, 15) is 4.79 Å². The highest BCUT2D eigenvalue weighted by Gasteiger charge is 2.10. The van der Waals surface area contributed by atoms with Crippen LogP contribution in [-0.4, -0.2) is 27.2 Å². The van der Waals surface area contributed by atoms with Crippen LogP contribution in [0.1, 0.15) is 11.1 Å². The minimum atomic E-state index is -0.0687. The zero-order valence-corrected chi connectivity index (χ0v) is 13.7. The third kappa shape index (κ3) is 4.47. The molecule has 0 atom stereocenters. The average Bonchev–Trinajstić information content (AvgIpc) is 2.56. The molecule has 0 unspecified atom stereocenters. The Morgan fingerprint density at radius 2 is 1.78 bits per heavy atom. The van der Waals surface area contributed by atoms with Crippen molar-refractivity contribution < 1.29 is 14.3 Å². The maximum absolute atomic E-state index is 12.3. The number of hydrogen-bond acceptors (Lipinski definition) is 4. The lowest BCUT2D eigenvalue weighted by Crippen LogP contribution is -2.17. The second kappa shape index (κ2) is 8.19. The summed E-state index contributed by atoms with van der Waals surface area (Å²) in [5.41, 5.74) is 2.74. The minimum Gasteiger partial charge on any atom is -0.493 e. The molecule has 0 bridgehead atoms. The number of hydrogen-bond donors (Lipinski definition) is 2. The molecule has 2 aromatic carbocycles. The summed E-state index contributed by atoms with van der Waals surface area (Å²) in [5, 5.41) is 6.05. The van der Waals surface area contributed by atoms with Gasteiger partial charge in [0, 0.05) is 12.2 Å². The number of anilines is 1. The molecular weight excluding hydrogens is 292 g/mol. The third-order valence-corrected chi connectivity index (χ3v) is 3.47. The summed E-state index contributed by atoms with van der Waals surface area (Å²) in [7, 11) is 5.04. The van der Waals surface area contributed by atoms with Crippen LogP contribution in [0.5, 0.6) is 11.5 Å². The molecule has 0 heterocycles. The molecule has 0 aliphatic heterocycles. The number of carbonyl (C=O) groups excluding carboxylic acids is 1. The molecule has 0 saturated carbocycles. The minimum absolute atomic E-state index is 0.0687. The van der Waals surface area contributed by atoms with Crippen molar-refractivity contribution in [2.24, 2.45) is 0 Å². The van der Waals surface area contributed by atoms with Crippen molar-refractivity contribution in [3.05, 3.63) is 53.6 Å². The standard InChI is InChI=1S/C18H22N2O3/c1-19-12-14-6-4-5-7-15(14)20-18(21)11-13-8-9-16(22-2)17(10-13)23-3/h4-10,19H,11-12H2,1-3H3,(H,20,21). The first-order valence-corrected chi connectivity index (χ1v) is 7.41. The van der Waals surface area contributed by atoms with Crippen LogP contribution >= 0.6 is 0 Å². The second-order valence-electron chi connectivity index (χ2n) is 5.10. The van der Waals surface area contributed by atoms with E-state index < -0.39 is 0 Å². The monoisotopic (exact) mass is 314 g/mol. The predicted molar refractivity (Wildman–Crippen MR) is 91.1 cm³/mol. The Balaban J connectivity index is 2.08. The molecule has 0 aliphatic carbocycles. The van der Waals surface area contributed by atoms with E-state index >= 15 is 0 Å². The highest BCUT2D eigenvalue weighted by atomic mass is 16.5. The molecule has 23 heavy (non-hydrogen) atoms. The average molecular weight is 314 g/mol. The van der Waals surface area contributed by atoms with Gasteiger partial charge in [0.1, 0.15) is 0 Å². The summed E-state index contributed by atoms with van der Waals surface area (Å²) in [4.78, 5) is 12.3. The summed E-state index contributed by atoms with van der Waals surface area (Å²) in [6.07, 6.45) is 0.272. The molecule has 0 saturated heterocycles. The van der Waals surface area contributed by atoms with E-state index in [4.69, 9.17) is 9.47 Å². The lowest BCUT2D eigenvalue weighted by molar-refractivity contribution is -0.115. The lowest BCUT2D eigenvalue weighted by atomic mass is 10.1. The van der Waals surface area contributed by atoms with Gasteiger partial charge in [-0.3, -0.25) is 4.79 Å². The number of amides is 1. The fourth-order valence-electron chi connectivity index (χ4n) is 2.36. The van der Waals surface area contributed by atoms with E-state index in [0.29, 0.717) is 18.0 Å². The van der Waals surface area contributed by atoms with Gasteiger partial charge < -0.3 is 20.1 Å². The van der Waals surface area contributed by atoms with E-state index in [0.717, 1.165) is 16.8 Å². The van der Waals surface area contributed by atoms with E-state index in [1.54, 1.807) is 20.3 Å². The molecule has 0 spiro atoms. The van der Waals surface area contributed by atoms with Crippen molar-refractivity contribution >= 4 is 11.6 Å². The first-order valence-electron chi connectivity index (χ1n) is 7.41. The summed E-state index contributed by atoms with van der Waals surface area (Å²) in [6.45, 7) is 0.701. The molecule has 122 valence electrons. The summed E-state index contributed by atoms with van der Waals surface area (Å²) in [5.74, 6) is 1.20. The number of nitrogens with one attached hydrogen (secondary N) is 2. The van der Waals surface area contributed by atoms with Gasteiger partial charge in [-0.15, -0.1) is 0 Å². The van der Waals surface area contributed by atoms with Gasteiger partial charge in [0.25, 0.3) is 0 Å². The largest absolute Gasteiger partial charge is 0.493 e. The molecule has 5 heteroatoms. The van der Waals surface area contributed by atoms with Crippen molar-refractivity contribution in [2.45, 2.75) is 13.0 Å². The smallest absolute Gasteiger partial charge is 0.228 e. The van der Waals surface area contributed by atoms with Crippen LogP contribution in [0.4, 0.5) is 5.69 Å². The van der Waals surface area contributed by atoms with Crippen molar-refractivity contribution in [3.8, 4) is 11.5 Å². The number of benzene rings is 2. The molecule has 0 fully saturated rings. The zero-order valence-electron chi connectivity index (χ0n) is 13.7. The van der Waals surface area contributed by atoms with Gasteiger partial charge in [-0.25, -0.2) is 0 Å². The van der Waals surface area contributed by atoms with Gasteiger partial charge in [0.05, 0.1) is 20.6 Å². The maximum Gasteiger partial charge on any atom is 0.228 e. The molecule has 0 aromatic heterocycles. The summed E-state index contributed by atoms with van der Waals surface area (Å²) >= 11 is 0. The van der Waals surface area contributed by atoms with Gasteiger partial charge >= 0.3 is 0 Å². The van der Waals surface area contributed by atoms with Crippen LogP contribution in [0.2, 0.25) is 0 Å². The second-order valence-corrected chi connectivity index (χ2v) is 5.10. The number of carbonyl (C=O) groups is 1. The number of rotatable bonds is 7. The molecule has 0 radical (unpaired) electrons. The fraction of sp³-hybridized carbons (Fsp3) is 0.278. The zero-order chi connectivity index (χ0) is 16.7. The Morgan fingerprint density at radius 1 is 1.04 bits per heavy atom. The van der Waals surface area contributed by atoms with E-state index in [-0.39, 0.29) is 12.3 Å². The summed E-state index contributed by atoms with van der Waals surface area (Å²) < 4.78 is 10.5. The third-order valence-electron chi connectivity index (χ3n) is 3.47. The van der Waals surface area contributed by atoms with E-state index in [1.165, 1.54) is 0 Å². The molecule has 2 aromatic rings. The van der Waals surface area contributed by atoms with Crippen LogP contribution in [0, 0.1) is 0 Å². The Kier molecular flexibility index (Phi) is 6.00. The number of ether oxygens (including phenoxy) is 2. The van der Waals surface area contributed by atoms with Crippen LogP contribution in [0.25, 0.3) is 0 Å². The SMILES string of the molecule is CNCc1ccccc1NC(=O)Cc1ccc(OC)c(OC)c1. The summed E-state index contributed by atoms with van der Waals surface area (Å²) in [6, 6.07) is 13.2. The Bertz CT molecular complexity index is 671. The normalized spacial score (nSPS) is 10.2.